The van der Waals surface area contributed by atoms with Crippen LogP contribution in [0.2, 0.25) is 0 Å². The number of rotatable bonds is 7. The van der Waals surface area contributed by atoms with Gasteiger partial charge in [0.1, 0.15) is 5.75 Å². The lowest BCUT2D eigenvalue weighted by molar-refractivity contribution is -0.123. The number of carbonyl (C=O) groups excluding carboxylic acids is 1. The molecule has 128 valence electrons. The molecule has 2 aromatic carbocycles. The van der Waals surface area contributed by atoms with Crippen molar-refractivity contribution in [1.29, 1.82) is 0 Å². The van der Waals surface area contributed by atoms with Crippen LogP contribution < -0.4 is 15.0 Å². The number of sulfonamides is 1. The van der Waals surface area contributed by atoms with Gasteiger partial charge in [-0.15, -0.1) is 4.83 Å². The lowest BCUT2D eigenvalue weighted by Gasteiger charge is -2.10. The predicted octanol–water partition coefficient (Wildman–Crippen LogP) is 2.40. The van der Waals surface area contributed by atoms with Crippen molar-refractivity contribution in [3.8, 4) is 5.75 Å². The number of benzene rings is 2. The van der Waals surface area contributed by atoms with Crippen LogP contribution in [0.5, 0.6) is 5.75 Å². The summed E-state index contributed by atoms with van der Waals surface area (Å²) in [7, 11) is -3.86. The summed E-state index contributed by atoms with van der Waals surface area (Å²) in [6, 6.07) is 13.6. The molecule has 0 spiro atoms. The van der Waals surface area contributed by atoms with Crippen LogP contribution in [0, 0.1) is 0 Å². The second-order valence-corrected chi connectivity index (χ2v) is 7.38. The fraction of sp³-hybridized carbons (Fsp3) is 0.188. The van der Waals surface area contributed by atoms with Crippen molar-refractivity contribution in [3.63, 3.8) is 0 Å². The third-order valence-corrected chi connectivity index (χ3v) is 5.41. The van der Waals surface area contributed by atoms with E-state index in [4.69, 9.17) is 4.74 Å². The molecule has 8 heteroatoms. The Morgan fingerprint density at radius 1 is 1.12 bits per heavy atom. The molecule has 0 radical (unpaired) electrons. The van der Waals surface area contributed by atoms with Crippen LogP contribution >= 0.6 is 15.9 Å². The lowest BCUT2D eigenvalue weighted by atomic mass is 10.2. The lowest BCUT2D eigenvalue weighted by Crippen LogP contribution is -2.43. The van der Waals surface area contributed by atoms with E-state index in [1.165, 1.54) is 6.07 Å². The summed E-state index contributed by atoms with van der Waals surface area (Å²) in [5.41, 5.74) is 3.28. The maximum atomic E-state index is 12.1. The van der Waals surface area contributed by atoms with Gasteiger partial charge in [-0.05, 0) is 52.2 Å². The zero-order valence-electron chi connectivity index (χ0n) is 13.0. The Bertz CT molecular complexity index is 807. The summed E-state index contributed by atoms with van der Waals surface area (Å²) in [4.78, 5) is 13.8. The molecule has 0 atom stereocenters. The molecular formula is C16H17BrN2O4S. The first-order valence-corrected chi connectivity index (χ1v) is 9.47. The molecule has 6 nitrogen and oxygen atoms in total. The van der Waals surface area contributed by atoms with Crippen molar-refractivity contribution < 1.29 is 17.9 Å². The predicted molar refractivity (Wildman–Crippen MR) is 93.9 cm³/mol. The van der Waals surface area contributed by atoms with Crippen molar-refractivity contribution >= 4 is 31.9 Å². The third kappa shape index (κ3) is 5.05. The summed E-state index contributed by atoms with van der Waals surface area (Å²) in [5.74, 6) is -0.0683. The van der Waals surface area contributed by atoms with E-state index in [2.05, 4.69) is 21.4 Å². The average molecular weight is 413 g/mol. The topological polar surface area (TPSA) is 84.5 Å². The first-order valence-electron chi connectivity index (χ1n) is 7.19. The number of hydrogen-bond acceptors (Lipinski definition) is 4. The van der Waals surface area contributed by atoms with Gasteiger partial charge in [0.15, 0.2) is 6.61 Å². The SMILES string of the molecule is CCc1ccc(OCC(=O)NNS(=O)(=O)c2ccccc2Br)cc1. The average Bonchev–Trinajstić information content (AvgIpc) is 2.59. The standard InChI is InChI=1S/C16H17BrN2O4S/c1-2-12-7-9-13(10-8-12)23-11-16(20)18-19-24(21,22)15-6-4-3-5-14(15)17/h3-10,19H,2,11H2,1H3,(H,18,20). The molecule has 0 aliphatic rings. The highest BCUT2D eigenvalue weighted by atomic mass is 79.9. The number of amides is 1. The second-order valence-electron chi connectivity index (χ2n) is 4.87. The fourth-order valence-electron chi connectivity index (χ4n) is 1.85. The van der Waals surface area contributed by atoms with Gasteiger partial charge in [0.25, 0.3) is 15.9 Å². The van der Waals surface area contributed by atoms with Crippen LogP contribution in [0.15, 0.2) is 57.9 Å². The van der Waals surface area contributed by atoms with Gasteiger partial charge in [-0.2, -0.15) is 0 Å². The van der Waals surface area contributed by atoms with Gasteiger partial charge < -0.3 is 4.74 Å². The molecule has 0 saturated carbocycles. The number of nitrogens with one attached hydrogen (secondary N) is 2. The normalized spacial score (nSPS) is 11.1. The number of hydrazine groups is 1. The van der Waals surface area contributed by atoms with E-state index in [0.29, 0.717) is 10.2 Å². The Balaban J connectivity index is 1.87. The molecule has 0 heterocycles. The van der Waals surface area contributed by atoms with Crippen LogP contribution in [-0.2, 0) is 21.2 Å². The number of carbonyl (C=O) groups is 1. The van der Waals surface area contributed by atoms with Crippen LogP contribution in [0.1, 0.15) is 12.5 Å². The Kier molecular flexibility index (Phi) is 6.36. The molecule has 0 aliphatic carbocycles. The van der Waals surface area contributed by atoms with Crippen molar-refractivity contribution in [2.45, 2.75) is 18.2 Å². The highest BCUT2D eigenvalue weighted by Gasteiger charge is 2.17. The molecule has 24 heavy (non-hydrogen) atoms. The minimum atomic E-state index is -3.86. The van der Waals surface area contributed by atoms with Crippen molar-refractivity contribution in [2.75, 3.05) is 6.61 Å². The fourth-order valence-corrected chi connectivity index (χ4v) is 3.71. The maximum absolute atomic E-state index is 12.1. The Morgan fingerprint density at radius 3 is 2.42 bits per heavy atom. The first kappa shape index (κ1) is 18.4. The zero-order chi connectivity index (χ0) is 17.6. The number of hydrogen-bond donors (Lipinski definition) is 2. The van der Waals surface area contributed by atoms with E-state index in [0.717, 1.165) is 12.0 Å². The van der Waals surface area contributed by atoms with E-state index in [9.17, 15) is 13.2 Å². The van der Waals surface area contributed by atoms with Gasteiger partial charge in [0.05, 0.1) is 4.90 Å². The summed E-state index contributed by atoms with van der Waals surface area (Å²) in [5, 5.41) is 0. The molecule has 0 fully saturated rings. The van der Waals surface area contributed by atoms with E-state index in [1.54, 1.807) is 30.3 Å². The molecule has 2 aromatic rings. The van der Waals surface area contributed by atoms with Crippen LogP contribution in [0.25, 0.3) is 0 Å². The van der Waals surface area contributed by atoms with Crippen LogP contribution in [0.4, 0.5) is 0 Å². The van der Waals surface area contributed by atoms with E-state index in [-0.39, 0.29) is 11.5 Å². The van der Waals surface area contributed by atoms with Gasteiger partial charge in [0.2, 0.25) is 0 Å². The second kappa shape index (κ2) is 8.27. The molecule has 1 amide bonds. The van der Waals surface area contributed by atoms with Crippen molar-refractivity contribution in [1.82, 2.24) is 10.3 Å². The van der Waals surface area contributed by atoms with Gasteiger partial charge in [-0.25, -0.2) is 8.42 Å². The van der Waals surface area contributed by atoms with Gasteiger partial charge >= 0.3 is 0 Å². The quantitative estimate of drug-likeness (QED) is 0.683. The number of halogens is 1. The molecule has 0 saturated heterocycles. The van der Waals surface area contributed by atoms with Crippen LogP contribution in [-0.4, -0.2) is 20.9 Å². The molecule has 0 unspecified atom stereocenters. The van der Waals surface area contributed by atoms with Crippen molar-refractivity contribution in [2.24, 2.45) is 0 Å². The van der Waals surface area contributed by atoms with Crippen molar-refractivity contribution in [3.05, 3.63) is 58.6 Å². The Labute approximate surface area is 149 Å². The molecule has 0 aliphatic heterocycles. The molecule has 2 rings (SSSR count). The first-order chi connectivity index (χ1) is 11.4. The number of ether oxygens (including phenoxy) is 1. The third-order valence-electron chi connectivity index (χ3n) is 3.15. The van der Waals surface area contributed by atoms with E-state index in [1.807, 2.05) is 23.9 Å². The Morgan fingerprint density at radius 2 is 1.79 bits per heavy atom. The largest absolute Gasteiger partial charge is 0.484 e. The summed E-state index contributed by atoms with van der Waals surface area (Å²) < 4.78 is 29.9. The van der Waals surface area contributed by atoms with Gasteiger partial charge in [-0.3, -0.25) is 10.2 Å². The summed E-state index contributed by atoms with van der Waals surface area (Å²) in [6.07, 6.45) is 0.914. The Hall–Kier alpha value is -1.90. The van der Waals surface area contributed by atoms with E-state index >= 15 is 0 Å². The molecule has 0 aromatic heterocycles. The molecule has 2 N–H and O–H groups in total. The molecule has 0 bridgehead atoms. The molecular weight excluding hydrogens is 396 g/mol. The monoisotopic (exact) mass is 412 g/mol. The van der Waals surface area contributed by atoms with Crippen LogP contribution in [0.3, 0.4) is 0 Å². The highest BCUT2D eigenvalue weighted by Crippen LogP contribution is 2.20. The summed E-state index contributed by atoms with van der Waals surface area (Å²) in [6.45, 7) is 1.74. The number of aryl methyl sites for hydroxylation is 1. The van der Waals surface area contributed by atoms with Gasteiger partial charge in [0, 0.05) is 4.47 Å². The smallest absolute Gasteiger partial charge is 0.272 e. The minimum absolute atomic E-state index is 0.0290. The zero-order valence-corrected chi connectivity index (χ0v) is 15.4. The summed E-state index contributed by atoms with van der Waals surface area (Å²) >= 11 is 3.16. The highest BCUT2D eigenvalue weighted by molar-refractivity contribution is 9.10. The maximum Gasteiger partial charge on any atom is 0.272 e. The van der Waals surface area contributed by atoms with Gasteiger partial charge in [-0.1, -0.05) is 31.2 Å². The van der Waals surface area contributed by atoms with E-state index < -0.39 is 15.9 Å². The minimum Gasteiger partial charge on any atom is -0.484 e.